The molecule has 0 fully saturated rings. The Morgan fingerprint density at radius 2 is 1.90 bits per heavy atom. The molecule has 0 saturated heterocycles. The van der Waals surface area contributed by atoms with E-state index in [0.717, 1.165) is 12.0 Å². The van der Waals surface area contributed by atoms with Gasteiger partial charge in [0.05, 0.1) is 12.0 Å². The average Bonchev–Trinajstić information content (AvgIpc) is 2.72. The first-order chi connectivity index (χ1) is 14.4. The van der Waals surface area contributed by atoms with Gasteiger partial charge >= 0.3 is 0 Å². The second kappa shape index (κ2) is 9.59. The molecular weight excluding hydrogens is 380 g/mol. The van der Waals surface area contributed by atoms with Gasteiger partial charge in [-0.15, -0.1) is 0 Å². The molecule has 1 unspecified atom stereocenters. The monoisotopic (exact) mass is 408 g/mol. The van der Waals surface area contributed by atoms with E-state index >= 15 is 0 Å². The Balaban J connectivity index is 1.73. The third-order valence-corrected chi connectivity index (χ3v) is 4.97. The SMILES string of the molecule is CCCCCc1ccc(C=CC(=O)c2cccc3c2OC(N)(CC(N)=O)CO3)cc1. The number of benzene rings is 2. The summed E-state index contributed by atoms with van der Waals surface area (Å²) in [6.45, 7) is 2.16. The van der Waals surface area contributed by atoms with Crippen molar-refractivity contribution < 1.29 is 19.1 Å². The van der Waals surface area contributed by atoms with Crippen molar-refractivity contribution in [1.82, 2.24) is 0 Å². The van der Waals surface area contributed by atoms with Crippen LogP contribution in [0.3, 0.4) is 0 Å². The number of allylic oxidation sites excluding steroid dienone is 1. The van der Waals surface area contributed by atoms with E-state index in [1.807, 2.05) is 12.1 Å². The zero-order chi connectivity index (χ0) is 21.6. The summed E-state index contributed by atoms with van der Waals surface area (Å²) >= 11 is 0. The largest absolute Gasteiger partial charge is 0.484 e. The van der Waals surface area contributed by atoms with Gasteiger partial charge in [-0.1, -0.05) is 56.2 Å². The highest BCUT2D eigenvalue weighted by Crippen LogP contribution is 2.38. The van der Waals surface area contributed by atoms with E-state index in [9.17, 15) is 9.59 Å². The molecule has 0 aliphatic carbocycles. The molecule has 0 saturated carbocycles. The van der Waals surface area contributed by atoms with Gasteiger partial charge in [0.2, 0.25) is 11.6 Å². The van der Waals surface area contributed by atoms with Crippen LogP contribution in [0.4, 0.5) is 0 Å². The van der Waals surface area contributed by atoms with Crippen LogP contribution in [0.5, 0.6) is 11.5 Å². The molecule has 0 spiro atoms. The molecule has 6 nitrogen and oxygen atoms in total. The smallest absolute Gasteiger partial charge is 0.223 e. The number of aryl methyl sites for hydroxylation is 1. The first kappa shape index (κ1) is 21.6. The standard InChI is InChI=1S/C24H28N2O4/c1-2-3-4-6-17-9-11-18(12-10-17)13-14-20(27)19-7-5-8-21-23(19)30-24(26,16-29-21)15-22(25)28/h5,7-14H,2-4,6,15-16,26H2,1H3,(H2,25,28). The first-order valence-electron chi connectivity index (χ1n) is 10.2. The lowest BCUT2D eigenvalue weighted by Gasteiger charge is -2.35. The highest BCUT2D eigenvalue weighted by Gasteiger charge is 2.37. The second-order valence-electron chi connectivity index (χ2n) is 7.63. The number of fused-ring (bicyclic) bond motifs is 1. The van der Waals surface area contributed by atoms with Crippen molar-refractivity contribution in [2.75, 3.05) is 6.61 Å². The van der Waals surface area contributed by atoms with Crippen molar-refractivity contribution in [2.45, 2.75) is 44.8 Å². The molecular formula is C24H28N2O4. The van der Waals surface area contributed by atoms with E-state index in [1.54, 1.807) is 24.3 Å². The molecule has 1 heterocycles. The topological polar surface area (TPSA) is 105 Å². The predicted molar refractivity (Wildman–Crippen MR) is 116 cm³/mol. The van der Waals surface area contributed by atoms with Crippen LogP contribution in [-0.4, -0.2) is 24.0 Å². The number of ketones is 1. The highest BCUT2D eigenvalue weighted by atomic mass is 16.6. The molecule has 2 aromatic rings. The summed E-state index contributed by atoms with van der Waals surface area (Å²) in [6.07, 6.45) is 7.73. The minimum Gasteiger partial charge on any atom is -0.484 e. The maximum atomic E-state index is 12.8. The van der Waals surface area contributed by atoms with E-state index in [-0.39, 0.29) is 24.6 Å². The predicted octanol–water partition coefficient (Wildman–Crippen LogP) is 3.62. The van der Waals surface area contributed by atoms with Crippen molar-refractivity contribution in [2.24, 2.45) is 11.5 Å². The van der Waals surface area contributed by atoms with Crippen molar-refractivity contribution >= 4 is 17.8 Å². The average molecular weight is 408 g/mol. The number of nitrogens with two attached hydrogens (primary N) is 2. The Morgan fingerprint density at radius 3 is 2.60 bits per heavy atom. The lowest BCUT2D eigenvalue weighted by Crippen LogP contribution is -2.55. The second-order valence-corrected chi connectivity index (χ2v) is 7.63. The molecule has 0 bridgehead atoms. The fraction of sp³-hybridized carbons (Fsp3) is 0.333. The minimum absolute atomic E-state index is 0.0268. The molecule has 4 N–H and O–H groups in total. The first-order valence-corrected chi connectivity index (χ1v) is 10.2. The number of primary amides is 1. The number of unbranched alkanes of at least 4 members (excludes halogenated alkanes) is 2. The molecule has 1 atom stereocenters. The minimum atomic E-state index is -1.40. The lowest BCUT2D eigenvalue weighted by atomic mass is 10.0. The summed E-state index contributed by atoms with van der Waals surface area (Å²) in [5.74, 6) is -0.207. The van der Waals surface area contributed by atoms with Gasteiger partial charge in [0.1, 0.15) is 6.61 Å². The fourth-order valence-corrected chi connectivity index (χ4v) is 3.38. The van der Waals surface area contributed by atoms with Crippen molar-refractivity contribution in [3.63, 3.8) is 0 Å². The van der Waals surface area contributed by atoms with Gasteiger partial charge in [-0.05, 0) is 42.2 Å². The molecule has 6 heteroatoms. The number of hydrogen-bond donors (Lipinski definition) is 2. The maximum absolute atomic E-state index is 12.8. The Labute approximate surface area is 176 Å². The van der Waals surface area contributed by atoms with Gasteiger partial charge < -0.3 is 15.2 Å². The van der Waals surface area contributed by atoms with Gasteiger partial charge in [0.15, 0.2) is 17.3 Å². The number of rotatable bonds is 9. The number of carbonyl (C=O) groups excluding carboxylic acids is 2. The van der Waals surface area contributed by atoms with E-state index in [0.29, 0.717) is 11.3 Å². The number of carbonyl (C=O) groups is 2. The van der Waals surface area contributed by atoms with Crippen LogP contribution in [0.25, 0.3) is 6.08 Å². The van der Waals surface area contributed by atoms with Gasteiger partial charge in [-0.2, -0.15) is 0 Å². The van der Waals surface area contributed by atoms with Crippen LogP contribution in [0.1, 0.15) is 54.1 Å². The molecule has 1 aliphatic rings. The number of amides is 1. The van der Waals surface area contributed by atoms with Gasteiger partial charge in [-0.25, -0.2) is 0 Å². The summed E-state index contributed by atoms with van der Waals surface area (Å²) in [6, 6.07) is 13.2. The molecule has 3 rings (SSSR count). The summed E-state index contributed by atoms with van der Waals surface area (Å²) in [4.78, 5) is 24.1. The van der Waals surface area contributed by atoms with E-state index < -0.39 is 11.6 Å². The van der Waals surface area contributed by atoms with Crippen molar-refractivity contribution in [1.29, 1.82) is 0 Å². The van der Waals surface area contributed by atoms with Crippen LogP contribution in [0, 0.1) is 0 Å². The van der Waals surface area contributed by atoms with Crippen LogP contribution in [0.2, 0.25) is 0 Å². The van der Waals surface area contributed by atoms with Gasteiger partial charge in [-0.3, -0.25) is 15.3 Å². The Morgan fingerprint density at radius 1 is 1.13 bits per heavy atom. The summed E-state index contributed by atoms with van der Waals surface area (Å²) < 4.78 is 11.4. The van der Waals surface area contributed by atoms with Crippen molar-refractivity contribution in [3.05, 3.63) is 65.2 Å². The Kier molecular flexibility index (Phi) is 6.90. The van der Waals surface area contributed by atoms with E-state index in [4.69, 9.17) is 20.9 Å². The summed E-state index contributed by atoms with van der Waals surface area (Å²) in [5.41, 5.74) is 12.5. The van der Waals surface area contributed by atoms with Crippen LogP contribution >= 0.6 is 0 Å². The zero-order valence-electron chi connectivity index (χ0n) is 17.2. The maximum Gasteiger partial charge on any atom is 0.223 e. The number of ether oxygens (including phenoxy) is 2. The third-order valence-electron chi connectivity index (χ3n) is 4.97. The Hall–Kier alpha value is -3.12. The van der Waals surface area contributed by atoms with Gasteiger partial charge in [0.25, 0.3) is 0 Å². The lowest BCUT2D eigenvalue weighted by molar-refractivity contribution is -0.123. The van der Waals surface area contributed by atoms with Crippen molar-refractivity contribution in [3.8, 4) is 11.5 Å². The van der Waals surface area contributed by atoms with Crippen LogP contribution < -0.4 is 20.9 Å². The van der Waals surface area contributed by atoms with Crippen LogP contribution in [-0.2, 0) is 11.2 Å². The highest BCUT2D eigenvalue weighted by molar-refractivity contribution is 6.09. The van der Waals surface area contributed by atoms with E-state index in [1.165, 1.54) is 30.9 Å². The number of hydrogen-bond acceptors (Lipinski definition) is 5. The zero-order valence-corrected chi connectivity index (χ0v) is 17.2. The molecule has 1 aliphatic heterocycles. The molecule has 0 aromatic heterocycles. The Bertz CT molecular complexity index is 937. The summed E-state index contributed by atoms with van der Waals surface area (Å²) in [5, 5.41) is 0. The molecule has 30 heavy (non-hydrogen) atoms. The molecule has 0 radical (unpaired) electrons. The quantitative estimate of drug-likeness (QED) is 0.375. The van der Waals surface area contributed by atoms with E-state index in [2.05, 4.69) is 19.1 Å². The number of para-hydroxylation sites is 1. The molecule has 158 valence electrons. The normalized spacial score (nSPS) is 17.8. The van der Waals surface area contributed by atoms with Gasteiger partial charge in [0, 0.05) is 0 Å². The summed E-state index contributed by atoms with van der Waals surface area (Å²) in [7, 11) is 0. The molecule has 1 amide bonds. The van der Waals surface area contributed by atoms with Crippen LogP contribution in [0.15, 0.2) is 48.5 Å². The third kappa shape index (κ3) is 5.48. The molecule has 2 aromatic carbocycles. The fourth-order valence-electron chi connectivity index (χ4n) is 3.38.